The Balaban J connectivity index is 0. The molecular formula is C6FeIrN6. The standard InChI is InChI=1S/6CN.Fe.Ir/c6*1-2;;/q;;;;;;+2;-2. The van der Waals surface area contributed by atoms with Crippen molar-refractivity contribution in [2.75, 3.05) is 0 Å². The van der Waals surface area contributed by atoms with Gasteiger partial charge in [-0.1, -0.05) is 0 Å². The predicted molar refractivity (Wildman–Crippen MR) is 33.7 cm³/mol. The molecule has 0 aromatic carbocycles. The molecule has 14 heavy (non-hydrogen) atoms. The van der Waals surface area contributed by atoms with Crippen LogP contribution in [0.2, 0.25) is 0 Å². The largest absolute Gasteiger partial charge is 2.00 e. The minimum Gasteiger partial charge on any atom is 2.00 e. The molecule has 0 unspecified atom stereocenters. The van der Waals surface area contributed by atoms with Crippen molar-refractivity contribution in [1.82, 2.24) is 0 Å². The van der Waals surface area contributed by atoms with Gasteiger partial charge in [0, 0.05) is 0 Å². The Morgan fingerprint density at radius 3 is 0.643 bits per heavy atom. The fourth-order valence-electron chi connectivity index (χ4n) is 0.250. The maximum atomic E-state index is 8.60. The van der Waals surface area contributed by atoms with E-state index in [1.807, 2.05) is 0 Å². The zero-order valence-electron chi connectivity index (χ0n) is 6.37. The van der Waals surface area contributed by atoms with E-state index in [4.69, 9.17) is 31.6 Å². The molecule has 0 saturated heterocycles. The van der Waals surface area contributed by atoms with E-state index in [1.165, 1.54) is 0 Å². The van der Waals surface area contributed by atoms with Gasteiger partial charge in [-0.15, -0.1) is 0 Å². The quantitative estimate of drug-likeness (QED) is 0.524. The van der Waals surface area contributed by atoms with E-state index in [2.05, 4.69) is 0 Å². The summed E-state index contributed by atoms with van der Waals surface area (Å²) in [5.74, 6) is 0. The van der Waals surface area contributed by atoms with Crippen LogP contribution >= 0.6 is 0 Å². The second kappa shape index (κ2) is 3.11. The van der Waals surface area contributed by atoms with Crippen molar-refractivity contribution in [2.24, 2.45) is 0 Å². The van der Waals surface area contributed by atoms with Crippen molar-refractivity contribution in [3.05, 3.63) is 0 Å². The van der Waals surface area contributed by atoms with Crippen LogP contribution in [0.5, 0.6) is 0 Å². The Labute approximate surface area is 88.9 Å². The minimum atomic E-state index is -6.69. The fourth-order valence-corrected chi connectivity index (χ4v) is 2.05. The first kappa shape index (κ1) is 14.6. The summed E-state index contributed by atoms with van der Waals surface area (Å²) in [6.45, 7) is 0. The van der Waals surface area contributed by atoms with Gasteiger partial charge in [-0.25, -0.2) is 0 Å². The van der Waals surface area contributed by atoms with Crippen LogP contribution in [0.15, 0.2) is 0 Å². The van der Waals surface area contributed by atoms with E-state index in [-0.39, 0.29) is 17.1 Å². The van der Waals surface area contributed by atoms with Gasteiger partial charge in [0.15, 0.2) is 0 Å². The van der Waals surface area contributed by atoms with E-state index < -0.39 is 12.9 Å². The molecule has 0 aromatic rings. The summed E-state index contributed by atoms with van der Waals surface area (Å²) in [6.07, 6.45) is 0. The molecule has 0 saturated carbocycles. The van der Waals surface area contributed by atoms with Gasteiger partial charge in [-0.05, 0) is 0 Å². The third-order valence-corrected chi connectivity index (χ3v) is 9.15. The van der Waals surface area contributed by atoms with Gasteiger partial charge >= 0.3 is 89.0 Å². The smallest absolute Gasteiger partial charge is 2.00 e. The van der Waals surface area contributed by atoms with E-state index >= 15 is 0 Å². The molecule has 0 radical (unpaired) electrons. The van der Waals surface area contributed by atoms with Crippen molar-refractivity contribution >= 4 is 0 Å². The van der Waals surface area contributed by atoms with E-state index in [9.17, 15) is 0 Å². The van der Waals surface area contributed by atoms with Crippen LogP contribution in [0.1, 0.15) is 0 Å². The van der Waals surface area contributed by atoms with Gasteiger partial charge < -0.3 is 0 Å². The molecule has 0 aliphatic rings. The molecule has 0 heterocycles. The van der Waals surface area contributed by atoms with E-state index in [1.54, 1.807) is 0 Å². The van der Waals surface area contributed by atoms with Gasteiger partial charge in [0.05, 0.1) is 0 Å². The Bertz CT molecular complexity index is 392. The first-order valence-corrected chi connectivity index (χ1v) is 9.53. The molecule has 0 aliphatic carbocycles. The molecule has 0 fully saturated rings. The fraction of sp³-hybridized carbons (Fsp3) is 0. The molecule has 6 nitrogen and oxygen atoms in total. The number of hydrogen-bond acceptors (Lipinski definition) is 6. The maximum Gasteiger partial charge on any atom is 2.00 e. The molecule has 0 N–H and O–H groups in total. The number of hydrogen-bond donors (Lipinski definition) is 0. The molecular weight excluding hydrogens is 404 g/mol. The number of nitriles is 6. The third kappa shape index (κ3) is 1.06. The summed E-state index contributed by atoms with van der Waals surface area (Å²) in [5, 5.41) is 51.6. The molecule has 0 spiro atoms. The van der Waals surface area contributed by atoms with Crippen LogP contribution in [0.25, 0.3) is 0 Å². The summed E-state index contributed by atoms with van der Waals surface area (Å²) >= 11 is -6.69. The van der Waals surface area contributed by atoms with Gasteiger partial charge in [-0.2, -0.15) is 0 Å². The van der Waals surface area contributed by atoms with Crippen molar-refractivity contribution in [3.63, 3.8) is 0 Å². The second-order valence-corrected chi connectivity index (χ2v) is 13.9. The molecule has 0 aromatic heterocycles. The summed E-state index contributed by atoms with van der Waals surface area (Å²) in [7, 11) is 0. The molecule has 0 aliphatic heterocycles. The average molecular weight is 404 g/mol. The van der Waals surface area contributed by atoms with Crippen molar-refractivity contribution < 1.29 is 29.9 Å². The Morgan fingerprint density at radius 2 is 0.643 bits per heavy atom. The van der Waals surface area contributed by atoms with Crippen molar-refractivity contribution in [2.45, 2.75) is 0 Å². The molecule has 0 atom stereocenters. The van der Waals surface area contributed by atoms with Gasteiger partial charge in [0.25, 0.3) is 0 Å². The van der Waals surface area contributed by atoms with Crippen LogP contribution in [0, 0.1) is 59.1 Å². The zero-order chi connectivity index (χ0) is 10.7. The average Bonchev–Trinajstić information content (AvgIpc) is 2.26. The minimum absolute atomic E-state index is 0. The van der Waals surface area contributed by atoms with Crippen LogP contribution in [-0.4, -0.2) is 0 Å². The Morgan fingerprint density at radius 1 is 0.500 bits per heavy atom. The van der Waals surface area contributed by atoms with Crippen molar-refractivity contribution in [3.8, 4) is 27.5 Å². The Kier molecular flexibility index (Phi) is 3.25. The number of nitrogens with zero attached hydrogens (tertiary/aromatic N) is 6. The predicted octanol–water partition coefficient (Wildman–Crippen LogP) is 0.0957. The first-order chi connectivity index (χ1) is 5.97. The van der Waals surface area contributed by atoms with Crippen LogP contribution in [-0.2, 0) is 29.9 Å². The summed E-state index contributed by atoms with van der Waals surface area (Å²) in [6, 6.07) is 0. The molecule has 0 bridgehead atoms. The van der Waals surface area contributed by atoms with Crippen LogP contribution < -0.4 is 0 Å². The van der Waals surface area contributed by atoms with Crippen LogP contribution in [0.3, 0.4) is 0 Å². The second-order valence-electron chi connectivity index (χ2n) is 1.70. The molecule has 0 amide bonds. The van der Waals surface area contributed by atoms with E-state index in [0.29, 0.717) is 0 Å². The SMILES string of the molecule is N#[C][Ir-2]([C]#N)([C]#N)([C]#N)([C]#N)[C]#N.[Fe+2]. The first-order valence-electron chi connectivity index (χ1n) is 2.34. The maximum absolute atomic E-state index is 8.60. The molecule has 0 rings (SSSR count). The number of rotatable bonds is 0. The summed E-state index contributed by atoms with van der Waals surface area (Å²) < 4.78 is 6.44. The molecule has 71 valence electrons. The third-order valence-electron chi connectivity index (χ3n) is 1.12. The monoisotopic (exact) mass is 405 g/mol. The normalized spacial score (nSPS) is 12.4. The summed E-state index contributed by atoms with van der Waals surface area (Å²) in [5.41, 5.74) is 0. The van der Waals surface area contributed by atoms with Gasteiger partial charge in [0.2, 0.25) is 0 Å². The topological polar surface area (TPSA) is 143 Å². The summed E-state index contributed by atoms with van der Waals surface area (Å²) in [4.78, 5) is 0. The van der Waals surface area contributed by atoms with E-state index in [0.717, 1.165) is 27.5 Å². The van der Waals surface area contributed by atoms with Gasteiger partial charge in [0.1, 0.15) is 0 Å². The Hall–Kier alpha value is -1.89. The molecule has 8 heteroatoms. The van der Waals surface area contributed by atoms with Gasteiger partial charge in [-0.3, -0.25) is 0 Å². The van der Waals surface area contributed by atoms with Crippen molar-refractivity contribution in [1.29, 1.82) is 31.6 Å². The van der Waals surface area contributed by atoms with Crippen LogP contribution in [0.4, 0.5) is 0 Å². The zero-order valence-corrected chi connectivity index (χ0v) is 9.87.